The Kier molecular flexibility index (Phi) is 2.25. The standard InChI is InChI=1S/C11H11N3O/c1-7(15)8-3-2-4-9(11(8)12)10-5-6-13-14-10/h2-6H,12H2,1H3,(H,13,14). The molecule has 4 nitrogen and oxygen atoms in total. The van der Waals surface area contributed by atoms with E-state index in [2.05, 4.69) is 10.2 Å². The molecular weight excluding hydrogens is 190 g/mol. The number of nitrogen functional groups attached to an aromatic ring is 1. The monoisotopic (exact) mass is 201 g/mol. The third-order valence-corrected chi connectivity index (χ3v) is 2.28. The SMILES string of the molecule is CC(=O)c1cccc(-c2ccn[nH]2)c1N. The first-order valence-corrected chi connectivity index (χ1v) is 4.59. The minimum absolute atomic E-state index is 0.0335. The highest BCUT2D eigenvalue weighted by Crippen LogP contribution is 2.26. The number of hydrogen-bond acceptors (Lipinski definition) is 3. The first kappa shape index (κ1) is 9.45. The molecule has 1 heterocycles. The van der Waals surface area contributed by atoms with Gasteiger partial charge in [-0.3, -0.25) is 9.89 Å². The summed E-state index contributed by atoms with van der Waals surface area (Å²) in [4.78, 5) is 11.3. The highest BCUT2D eigenvalue weighted by molar-refractivity contribution is 6.02. The van der Waals surface area contributed by atoms with Gasteiger partial charge in [-0.2, -0.15) is 5.10 Å². The van der Waals surface area contributed by atoms with Gasteiger partial charge < -0.3 is 5.73 Å². The molecule has 0 unspecified atom stereocenters. The lowest BCUT2D eigenvalue weighted by Crippen LogP contribution is -2.01. The van der Waals surface area contributed by atoms with Gasteiger partial charge in [-0.05, 0) is 19.1 Å². The summed E-state index contributed by atoms with van der Waals surface area (Å²) >= 11 is 0. The minimum atomic E-state index is -0.0335. The minimum Gasteiger partial charge on any atom is -0.398 e. The lowest BCUT2D eigenvalue weighted by molar-refractivity contribution is 0.101. The van der Waals surface area contributed by atoms with Gasteiger partial charge in [-0.15, -0.1) is 0 Å². The normalized spacial score (nSPS) is 10.2. The van der Waals surface area contributed by atoms with Gasteiger partial charge in [0.1, 0.15) is 0 Å². The van der Waals surface area contributed by atoms with Crippen LogP contribution in [0.4, 0.5) is 5.69 Å². The summed E-state index contributed by atoms with van der Waals surface area (Å²) in [5, 5.41) is 6.67. The van der Waals surface area contributed by atoms with Crippen molar-refractivity contribution in [3.05, 3.63) is 36.0 Å². The van der Waals surface area contributed by atoms with Crippen LogP contribution in [0.15, 0.2) is 30.5 Å². The van der Waals surface area contributed by atoms with Crippen LogP contribution in [0.2, 0.25) is 0 Å². The number of H-pyrrole nitrogens is 1. The number of carbonyl (C=O) groups excluding carboxylic acids is 1. The van der Waals surface area contributed by atoms with Gasteiger partial charge in [0, 0.05) is 17.3 Å². The highest BCUT2D eigenvalue weighted by Gasteiger charge is 2.10. The van der Waals surface area contributed by atoms with Crippen molar-refractivity contribution >= 4 is 11.5 Å². The summed E-state index contributed by atoms with van der Waals surface area (Å²) in [7, 11) is 0. The predicted octanol–water partition coefficient (Wildman–Crippen LogP) is 1.86. The van der Waals surface area contributed by atoms with Gasteiger partial charge in [0.25, 0.3) is 0 Å². The molecule has 15 heavy (non-hydrogen) atoms. The van der Waals surface area contributed by atoms with Gasteiger partial charge in [0.2, 0.25) is 0 Å². The van der Waals surface area contributed by atoms with Crippen LogP contribution < -0.4 is 5.73 Å². The highest BCUT2D eigenvalue weighted by atomic mass is 16.1. The Balaban J connectivity index is 2.59. The molecule has 2 rings (SSSR count). The van der Waals surface area contributed by atoms with E-state index in [1.54, 1.807) is 12.3 Å². The Morgan fingerprint density at radius 3 is 2.80 bits per heavy atom. The molecule has 0 aliphatic carbocycles. The lowest BCUT2D eigenvalue weighted by Gasteiger charge is -2.06. The zero-order chi connectivity index (χ0) is 10.8. The van der Waals surface area contributed by atoms with Crippen LogP contribution in [0.5, 0.6) is 0 Å². The Morgan fingerprint density at radius 1 is 1.40 bits per heavy atom. The van der Waals surface area contributed by atoms with Gasteiger partial charge in [-0.1, -0.05) is 12.1 Å². The average molecular weight is 201 g/mol. The topological polar surface area (TPSA) is 71.8 Å². The third-order valence-electron chi connectivity index (χ3n) is 2.28. The zero-order valence-corrected chi connectivity index (χ0v) is 8.32. The number of nitrogens with zero attached hydrogens (tertiary/aromatic N) is 1. The number of rotatable bonds is 2. The fourth-order valence-electron chi connectivity index (χ4n) is 1.51. The molecule has 0 atom stereocenters. The fraction of sp³-hybridized carbons (Fsp3) is 0.0909. The Morgan fingerprint density at radius 2 is 2.20 bits per heavy atom. The van der Waals surface area contributed by atoms with E-state index < -0.39 is 0 Å². The van der Waals surface area contributed by atoms with Crippen LogP contribution in [0, 0.1) is 0 Å². The lowest BCUT2D eigenvalue weighted by atomic mass is 10.0. The molecule has 1 aromatic heterocycles. The number of benzene rings is 1. The number of ketones is 1. The smallest absolute Gasteiger partial charge is 0.161 e. The number of nitrogens with two attached hydrogens (primary N) is 1. The maximum atomic E-state index is 11.3. The maximum absolute atomic E-state index is 11.3. The van der Waals surface area contributed by atoms with E-state index in [4.69, 9.17) is 5.73 Å². The first-order chi connectivity index (χ1) is 7.20. The Bertz CT molecular complexity index is 489. The second-order valence-electron chi connectivity index (χ2n) is 3.29. The number of aromatic amines is 1. The van der Waals surface area contributed by atoms with E-state index in [0.717, 1.165) is 11.3 Å². The molecule has 0 spiro atoms. The van der Waals surface area contributed by atoms with Crippen LogP contribution in [-0.4, -0.2) is 16.0 Å². The number of carbonyl (C=O) groups is 1. The van der Waals surface area contributed by atoms with E-state index in [1.807, 2.05) is 18.2 Å². The molecule has 0 aliphatic rings. The molecule has 0 fully saturated rings. The number of Topliss-reactive ketones (excluding diaryl/α,β-unsaturated/α-hetero) is 1. The molecule has 0 amide bonds. The number of para-hydroxylation sites is 1. The summed E-state index contributed by atoms with van der Waals surface area (Å²) in [6.45, 7) is 1.50. The van der Waals surface area contributed by atoms with Gasteiger partial charge in [0.15, 0.2) is 5.78 Å². The molecule has 1 aromatic carbocycles. The Labute approximate surface area is 87.1 Å². The molecule has 4 heteroatoms. The number of aromatic nitrogens is 2. The van der Waals surface area contributed by atoms with Crippen LogP contribution in [0.25, 0.3) is 11.3 Å². The van der Waals surface area contributed by atoms with Gasteiger partial charge >= 0.3 is 0 Å². The van der Waals surface area contributed by atoms with Crippen molar-refractivity contribution in [2.45, 2.75) is 6.92 Å². The molecule has 2 aromatic rings. The van der Waals surface area contributed by atoms with E-state index in [-0.39, 0.29) is 5.78 Å². The van der Waals surface area contributed by atoms with Crippen LogP contribution >= 0.6 is 0 Å². The first-order valence-electron chi connectivity index (χ1n) is 4.59. The van der Waals surface area contributed by atoms with E-state index in [0.29, 0.717) is 11.3 Å². The second-order valence-corrected chi connectivity index (χ2v) is 3.29. The summed E-state index contributed by atoms with van der Waals surface area (Å²) in [5.74, 6) is -0.0335. The average Bonchev–Trinajstić information content (AvgIpc) is 2.70. The van der Waals surface area contributed by atoms with Crippen molar-refractivity contribution in [2.75, 3.05) is 5.73 Å². The Hall–Kier alpha value is -2.10. The van der Waals surface area contributed by atoms with Crippen molar-refractivity contribution in [3.63, 3.8) is 0 Å². The van der Waals surface area contributed by atoms with Crippen molar-refractivity contribution in [1.29, 1.82) is 0 Å². The largest absolute Gasteiger partial charge is 0.398 e. The molecular formula is C11H11N3O. The molecule has 0 bridgehead atoms. The summed E-state index contributed by atoms with van der Waals surface area (Å²) in [6.07, 6.45) is 1.65. The summed E-state index contributed by atoms with van der Waals surface area (Å²) < 4.78 is 0. The molecule has 3 N–H and O–H groups in total. The van der Waals surface area contributed by atoms with E-state index in [9.17, 15) is 4.79 Å². The number of anilines is 1. The molecule has 0 saturated heterocycles. The zero-order valence-electron chi connectivity index (χ0n) is 8.32. The summed E-state index contributed by atoms with van der Waals surface area (Å²) in [5.41, 5.74) is 8.57. The van der Waals surface area contributed by atoms with Crippen molar-refractivity contribution in [1.82, 2.24) is 10.2 Å². The summed E-state index contributed by atoms with van der Waals surface area (Å²) in [6, 6.07) is 7.20. The molecule has 76 valence electrons. The maximum Gasteiger partial charge on any atom is 0.161 e. The quantitative estimate of drug-likeness (QED) is 0.575. The van der Waals surface area contributed by atoms with Crippen molar-refractivity contribution in [3.8, 4) is 11.3 Å². The van der Waals surface area contributed by atoms with Gasteiger partial charge in [-0.25, -0.2) is 0 Å². The van der Waals surface area contributed by atoms with Crippen molar-refractivity contribution < 1.29 is 4.79 Å². The van der Waals surface area contributed by atoms with Gasteiger partial charge in [0.05, 0.1) is 11.4 Å². The third kappa shape index (κ3) is 1.61. The van der Waals surface area contributed by atoms with Crippen LogP contribution in [0.3, 0.4) is 0 Å². The molecule has 0 aliphatic heterocycles. The predicted molar refractivity (Wildman–Crippen MR) is 58.4 cm³/mol. The van der Waals surface area contributed by atoms with E-state index in [1.165, 1.54) is 6.92 Å². The second kappa shape index (κ2) is 3.57. The number of nitrogens with one attached hydrogen (secondary N) is 1. The molecule has 0 radical (unpaired) electrons. The van der Waals surface area contributed by atoms with E-state index >= 15 is 0 Å². The molecule has 0 saturated carbocycles. The number of hydrogen-bond donors (Lipinski definition) is 2. The van der Waals surface area contributed by atoms with Crippen LogP contribution in [-0.2, 0) is 0 Å². The van der Waals surface area contributed by atoms with Crippen LogP contribution in [0.1, 0.15) is 17.3 Å². The fourth-order valence-corrected chi connectivity index (χ4v) is 1.51. The van der Waals surface area contributed by atoms with Crippen molar-refractivity contribution in [2.24, 2.45) is 0 Å².